The van der Waals surface area contributed by atoms with Gasteiger partial charge in [0.1, 0.15) is 5.76 Å². The maximum Gasteiger partial charge on any atom is 0.193 e. The second-order valence-corrected chi connectivity index (χ2v) is 3.70. The highest BCUT2D eigenvalue weighted by Gasteiger charge is 2.04. The number of hydrogen-bond acceptors (Lipinski definition) is 3. The molecule has 0 bridgehead atoms. The van der Waals surface area contributed by atoms with Gasteiger partial charge in [0.05, 0.1) is 24.1 Å². The number of nitrogens with zero attached hydrogens (tertiary/aromatic N) is 2. The summed E-state index contributed by atoms with van der Waals surface area (Å²) in [5, 5.41) is 7.77. The molecule has 4 nitrogen and oxygen atoms in total. The molecule has 0 atom stereocenters. The lowest BCUT2D eigenvalue weighted by atomic mass is 10.3. The van der Waals surface area contributed by atoms with E-state index in [0.717, 1.165) is 17.1 Å². The van der Waals surface area contributed by atoms with Gasteiger partial charge in [-0.25, -0.2) is 0 Å². The van der Waals surface area contributed by atoms with Crippen molar-refractivity contribution in [2.45, 2.75) is 13.5 Å². The summed E-state index contributed by atoms with van der Waals surface area (Å²) >= 11 is 5.67. The summed E-state index contributed by atoms with van der Waals surface area (Å²) in [6.07, 6.45) is 1.79. The van der Waals surface area contributed by atoms with Crippen molar-refractivity contribution in [2.24, 2.45) is 7.05 Å². The highest BCUT2D eigenvalue weighted by atomic mass is 35.5. The number of nitrogens with one attached hydrogen (secondary N) is 1. The highest BCUT2D eigenvalue weighted by molar-refractivity contribution is 6.28. The number of anilines is 1. The van der Waals surface area contributed by atoms with E-state index < -0.39 is 0 Å². The zero-order chi connectivity index (χ0) is 10.8. The Hall–Kier alpha value is -1.42. The Bertz CT molecular complexity index is 461. The highest BCUT2D eigenvalue weighted by Crippen LogP contribution is 2.16. The summed E-state index contributed by atoms with van der Waals surface area (Å²) in [6.45, 7) is 2.61. The van der Waals surface area contributed by atoms with Crippen molar-refractivity contribution in [3.8, 4) is 0 Å². The molecule has 0 amide bonds. The molecule has 0 saturated heterocycles. The first kappa shape index (κ1) is 10.1. The molecule has 2 rings (SSSR count). The average Bonchev–Trinajstić information content (AvgIpc) is 2.74. The Morgan fingerprint density at radius 1 is 1.53 bits per heavy atom. The predicted molar refractivity (Wildman–Crippen MR) is 59.0 cm³/mol. The molecule has 0 fully saturated rings. The Morgan fingerprint density at radius 2 is 2.33 bits per heavy atom. The molecule has 15 heavy (non-hydrogen) atoms. The monoisotopic (exact) mass is 225 g/mol. The van der Waals surface area contributed by atoms with Crippen LogP contribution < -0.4 is 5.32 Å². The summed E-state index contributed by atoms with van der Waals surface area (Å²) in [7, 11) is 1.91. The van der Waals surface area contributed by atoms with Gasteiger partial charge in [0.25, 0.3) is 0 Å². The van der Waals surface area contributed by atoms with Gasteiger partial charge in [-0.05, 0) is 30.7 Å². The van der Waals surface area contributed by atoms with E-state index in [4.69, 9.17) is 16.0 Å². The summed E-state index contributed by atoms with van der Waals surface area (Å²) in [5.74, 6) is 0.809. The normalized spacial score (nSPS) is 10.6. The van der Waals surface area contributed by atoms with Gasteiger partial charge in [-0.2, -0.15) is 5.10 Å². The van der Waals surface area contributed by atoms with E-state index >= 15 is 0 Å². The van der Waals surface area contributed by atoms with Crippen LogP contribution in [0.3, 0.4) is 0 Å². The lowest BCUT2D eigenvalue weighted by Crippen LogP contribution is -2.00. The van der Waals surface area contributed by atoms with Gasteiger partial charge >= 0.3 is 0 Å². The fourth-order valence-electron chi connectivity index (χ4n) is 1.30. The van der Waals surface area contributed by atoms with Gasteiger partial charge in [-0.1, -0.05) is 0 Å². The SMILES string of the molecule is Cc1c(NCc2ccc(Cl)o2)cnn1C. The number of hydrogen-bond donors (Lipinski definition) is 1. The van der Waals surface area contributed by atoms with Crippen molar-refractivity contribution in [1.82, 2.24) is 9.78 Å². The molecule has 80 valence electrons. The molecule has 2 heterocycles. The van der Waals surface area contributed by atoms with Gasteiger partial charge in [0.2, 0.25) is 0 Å². The van der Waals surface area contributed by atoms with Crippen LogP contribution in [0.15, 0.2) is 22.7 Å². The molecule has 1 N–H and O–H groups in total. The van der Waals surface area contributed by atoms with E-state index in [0.29, 0.717) is 11.8 Å². The van der Waals surface area contributed by atoms with Crippen molar-refractivity contribution < 1.29 is 4.42 Å². The van der Waals surface area contributed by atoms with Gasteiger partial charge in [-0.3, -0.25) is 4.68 Å². The van der Waals surface area contributed by atoms with Crippen LogP contribution >= 0.6 is 11.6 Å². The van der Waals surface area contributed by atoms with Crippen molar-refractivity contribution in [2.75, 3.05) is 5.32 Å². The molecule has 0 aromatic carbocycles. The lowest BCUT2D eigenvalue weighted by Gasteiger charge is -2.02. The predicted octanol–water partition coefficient (Wildman–Crippen LogP) is 2.59. The van der Waals surface area contributed by atoms with Crippen LogP contribution in [0.4, 0.5) is 5.69 Å². The van der Waals surface area contributed by atoms with Crippen LogP contribution in [0.25, 0.3) is 0 Å². The molecular weight excluding hydrogens is 214 g/mol. The second kappa shape index (κ2) is 3.98. The first-order valence-electron chi connectivity index (χ1n) is 4.63. The Morgan fingerprint density at radius 3 is 2.87 bits per heavy atom. The molecule has 2 aromatic rings. The van der Waals surface area contributed by atoms with Crippen molar-refractivity contribution in [3.05, 3.63) is 35.0 Å². The average molecular weight is 226 g/mol. The molecule has 0 saturated carbocycles. The first-order chi connectivity index (χ1) is 7.16. The third-order valence-corrected chi connectivity index (χ3v) is 2.52. The van der Waals surface area contributed by atoms with E-state index in [-0.39, 0.29) is 0 Å². The minimum absolute atomic E-state index is 0.412. The third-order valence-electron chi connectivity index (χ3n) is 2.32. The summed E-state index contributed by atoms with van der Waals surface area (Å²) in [6, 6.07) is 3.58. The van der Waals surface area contributed by atoms with Gasteiger partial charge in [0, 0.05) is 7.05 Å². The van der Waals surface area contributed by atoms with E-state index in [2.05, 4.69) is 10.4 Å². The van der Waals surface area contributed by atoms with E-state index in [1.165, 1.54) is 0 Å². The Kier molecular flexibility index (Phi) is 2.68. The molecule has 0 aliphatic heterocycles. The van der Waals surface area contributed by atoms with Crippen LogP contribution in [0.1, 0.15) is 11.5 Å². The summed E-state index contributed by atoms with van der Waals surface area (Å²) in [4.78, 5) is 0. The molecule has 5 heteroatoms. The topological polar surface area (TPSA) is 43.0 Å². The molecular formula is C10H12ClN3O. The van der Waals surface area contributed by atoms with E-state index in [1.54, 1.807) is 12.3 Å². The molecule has 0 spiro atoms. The number of furan rings is 1. The zero-order valence-electron chi connectivity index (χ0n) is 8.62. The maximum atomic E-state index is 5.67. The largest absolute Gasteiger partial charge is 0.448 e. The Labute approximate surface area is 92.8 Å². The van der Waals surface area contributed by atoms with Crippen LogP contribution in [-0.2, 0) is 13.6 Å². The summed E-state index contributed by atoms with van der Waals surface area (Å²) in [5.41, 5.74) is 2.10. The lowest BCUT2D eigenvalue weighted by molar-refractivity contribution is 0.520. The quantitative estimate of drug-likeness (QED) is 0.873. The Balaban J connectivity index is 2.02. The first-order valence-corrected chi connectivity index (χ1v) is 5.01. The molecule has 0 unspecified atom stereocenters. The minimum atomic E-state index is 0.412. The van der Waals surface area contributed by atoms with Crippen molar-refractivity contribution in [3.63, 3.8) is 0 Å². The van der Waals surface area contributed by atoms with Crippen molar-refractivity contribution >= 4 is 17.3 Å². The van der Waals surface area contributed by atoms with E-state index in [1.807, 2.05) is 24.7 Å². The van der Waals surface area contributed by atoms with Crippen LogP contribution in [-0.4, -0.2) is 9.78 Å². The number of halogens is 1. The van der Waals surface area contributed by atoms with Gasteiger partial charge in [0.15, 0.2) is 5.22 Å². The molecule has 0 aliphatic rings. The molecule has 0 aliphatic carbocycles. The van der Waals surface area contributed by atoms with Crippen LogP contribution in [0.5, 0.6) is 0 Å². The number of rotatable bonds is 3. The second-order valence-electron chi connectivity index (χ2n) is 3.33. The standard InChI is InChI=1S/C10H12ClN3O/c1-7-9(6-13-14(7)2)12-5-8-3-4-10(11)15-8/h3-4,6,12H,5H2,1-2H3. The van der Waals surface area contributed by atoms with Crippen LogP contribution in [0.2, 0.25) is 5.22 Å². The maximum absolute atomic E-state index is 5.67. The zero-order valence-corrected chi connectivity index (χ0v) is 9.38. The third kappa shape index (κ3) is 2.15. The minimum Gasteiger partial charge on any atom is -0.448 e. The fraction of sp³-hybridized carbons (Fsp3) is 0.300. The number of aryl methyl sites for hydroxylation is 1. The smallest absolute Gasteiger partial charge is 0.193 e. The molecule has 2 aromatic heterocycles. The van der Waals surface area contributed by atoms with Gasteiger partial charge < -0.3 is 9.73 Å². The number of aromatic nitrogens is 2. The molecule has 0 radical (unpaired) electrons. The fourth-order valence-corrected chi connectivity index (χ4v) is 1.46. The summed E-state index contributed by atoms with van der Waals surface area (Å²) < 4.78 is 7.04. The van der Waals surface area contributed by atoms with E-state index in [9.17, 15) is 0 Å². The van der Waals surface area contributed by atoms with Crippen LogP contribution in [0, 0.1) is 6.92 Å². The van der Waals surface area contributed by atoms with Gasteiger partial charge in [-0.15, -0.1) is 0 Å². The van der Waals surface area contributed by atoms with Crippen molar-refractivity contribution in [1.29, 1.82) is 0 Å².